The molecule has 196 valence electrons. The number of carbonyl (C=O) groups excluding carboxylic acids is 2. The number of aryl methyl sites for hydroxylation is 1. The fraction of sp³-hybridized carbons (Fsp3) is 0.273. The zero-order valence-electron chi connectivity index (χ0n) is 22.6. The highest BCUT2D eigenvalue weighted by Crippen LogP contribution is 2.25. The summed E-state index contributed by atoms with van der Waals surface area (Å²) in [5.41, 5.74) is 2.60. The fourth-order valence-corrected chi connectivity index (χ4v) is 4.52. The van der Waals surface area contributed by atoms with Gasteiger partial charge in [0.1, 0.15) is 11.8 Å². The molecule has 38 heavy (non-hydrogen) atoms. The molecule has 4 rings (SSSR count). The lowest BCUT2D eigenvalue weighted by Gasteiger charge is -2.34. The third kappa shape index (κ3) is 7.00. The Morgan fingerprint density at radius 2 is 1.50 bits per heavy atom. The number of hydrogen-bond acceptors (Lipinski definition) is 3. The maximum atomic E-state index is 13.9. The molecule has 0 spiro atoms. The first kappa shape index (κ1) is 26.9. The molecule has 2 amide bonds. The van der Waals surface area contributed by atoms with Crippen LogP contribution in [0.5, 0.6) is 5.75 Å². The number of amides is 2. The molecule has 0 bridgehead atoms. The maximum absolute atomic E-state index is 13.9. The van der Waals surface area contributed by atoms with Gasteiger partial charge in [-0.1, -0.05) is 91.0 Å². The first-order chi connectivity index (χ1) is 18.2. The smallest absolute Gasteiger partial charge is 0.261 e. The van der Waals surface area contributed by atoms with Crippen LogP contribution in [0.25, 0.3) is 10.8 Å². The van der Waals surface area contributed by atoms with E-state index in [1.54, 1.807) is 4.90 Å². The van der Waals surface area contributed by atoms with E-state index >= 15 is 0 Å². The van der Waals surface area contributed by atoms with Gasteiger partial charge >= 0.3 is 0 Å². The van der Waals surface area contributed by atoms with Crippen LogP contribution in [0.2, 0.25) is 0 Å². The Labute approximate surface area is 225 Å². The van der Waals surface area contributed by atoms with E-state index in [4.69, 9.17) is 4.74 Å². The number of fused-ring (bicyclic) bond motifs is 1. The Bertz CT molecular complexity index is 1390. The molecule has 1 N–H and O–H groups in total. The van der Waals surface area contributed by atoms with Crippen LogP contribution >= 0.6 is 0 Å². The molecule has 0 radical (unpaired) electrons. The zero-order valence-corrected chi connectivity index (χ0v) is 22.6. The van der Waals surface area contributed by atoms with Crippen molar-refractivity contribution >= 4 is 22.6 Å². The third-order valence-electron chi connectivity index (χ3n) is 6.47. The van der Waals surface area contributed by atoms with E-state index in [1.165, 1.54) is 0 Å². The van der Waals surface area contributed by atoms with Crippen molar-refractivity contribution in [3.05, 3.63) is 114 Å². The summed E-state index contributed by atoms with van der Waals surface area (Å²) in [5, 5.41) is 5.09. The monoisotopic (exact) mass is 508 g/mol. The van der Waals surface area contributed by atoms with Gasteiger partial charge in [0.05, 0.1) is 0 Å². The molecule has 0 saturated carbocycles. The second-order valence-corrected chi connectivity index (χ2v) is 10.7. The third-order valence-corrected chi connectivity index (χ3v) is 6.47. The molecule has 0 saturated heterocycles. The van der Waals surface area contributed by atoms with Gasteiger partial charge in [0, 0.05) is 23.9 Å². The molecule has 5 heteroatoms. The molecule has 0 aromatic heterocycles. The number of hydrogen-bond donors (Lipinski definition) is 1. The number of carbonyl (C=O) groups is 2. The molecular formula is C33H36N2O3. The minimum Gasteiger partial charge on any atom is -0.483 e. The molecular weight excluding hydrogens is 472 g/mol. The molecule has 5 nitrogen and oxygen atoms in total. The molecule has 0 fully saturated rings. The largest absolute Gasteiger partial charge is 0.483 e. The number of benzene rings is 4. The van der Waals surface area contributed by atoms with Gasteiger partial charge in [-0.15, -0.1) is 0 Å². The van der Waals surface area contributed by atoms with Gasteiger partial charge in [0.25, 0.3) is 5.91 Å². The van der Waals surface area contributed by atoms with Crippen molar-refractivity contribution in [2.75, 3.05) is 6.61 Å². The zero-order chi connectivity index (χ0) is 27.1. The predicted molar refractivity (Wildman–Crippen MR) is 153 cm³/mol. The Kier molecular flexibility index (Phi) is 8.47. The van der Waals surface area contributed by atoms with Gasteiger partial charge in [-0.3, -0.25) is 9.59 Å². The summed E-state index contributed by atoms with van der Waals surface area (Å²) < 4.78 is 6.09. The average molecular weight is 509 g/mol. The van der Waals surface area contributed by atoms with E-state index in [-0.39, 0.29) is 18.4 Å². The summed E-state index contributed by atoms with van der Waals surface area (Å²) in [6, 6.07) is 30.8. The molecule has 0 unspecified atom stereocenters. The first-order valence-electron chi connectivity index (χ1n) is 13.0. The van der Waals surface area contributed by atoms with Crippen LogP contribution < -0.4 is 10.1 Å². The topological polar surface area (TPSA) is 58.6 Å². The summed E-state index contributed by atoms with van der Waals surface area (Å²) in [7, 11) is 0. The van der Waals surface area contributed by atoms with E-state index in [0.29, 0.717) is 18.7 Å². The number of nitrogens with zero attached hydrogens (tertiary/aromatic N) is 1. The molecule has 0 aliphatic heterocycles. The van der Waals surface area contributed by atoms with Gasteiger partial charge in [0.15, 0.2) is 6.61 Å². The summed E-state index contributed by atoms with van der Waals surface area (Å²) in [5.74, 6) is 0.214. The Morgan fingerprint density at radius 3 is 2.24 bits per heavy atom. The van der Waals surface area contributed by atoms with Crippen molar-refractivity contribution in [2.24, 2.45) is 0 Å². The highest BCUT2D eigenvalue weighted by atomic mass is 16.5. The number of nitrogens with one attached hydrogen (secondary N) is 1. The van der Waals surface area contributed by atoms with Gasteiger partial charge in [-0.2, -0.15) is 0 Å². The van der Waals surface area contributed by atoms with Crippen LogP contribution in [0.4, 0.5) is 0 Å². The van der Waals surface area contributed by atoms with Crippen molar-refractivity contribution in [2.45, 2.75) is 52.2 Å². The minimum absolute atomic E-state index is 0.173. The van der Waals surface area contributed by atoms with Gasteiger partial charge in [0.2, 0.25) is 5.91 Å². The van der Waals surface area contributed by atoms with E-state index in [0.717, 1.165) is 27.5 Å². The van der Waals surface area contributed by atoms with Crippen LogP contribution in [0, 0.1) is 6.92 Å². The van der Waals surface area contributed by atoms with Gasteiger partial charge < -0.3 is 15.0 Å². The van der Waals surface area contributed by atoms with Crippen molar-refractivity contribution in [3.63, 3.8) is 0 Å². The van der Waals surface area contributed by atoms with E-state index in [2.05, 4.69) is 5.32 Å². The average Bonchev–Trinajstić information content (AvgIpc) is 2.90. The van der Waals surface area contributed by atoms with E-state index in [1.807, 2.05) is 125 Å². The summed E-state index contributed by atoms with van der Waals surface area (Å²) >= 11 is 0. The van der Waals surface area contributed by atoms with E-state index < -0.39 is 11.6 Å². The van der Waals surface area contributed by atoms with Crippen LogP contribution in [0.15, 0.2) is 97.1 Å². The van der Waals surface area contributed by atoms with E-state index in [9.17, 15) is 9.59 Å². The van der Waals surface area contributed by atoms with Crippen molar-refractivity contribution in [1.82, 2.24) is 10.2 Å². The summed E-state index contributed by atoms with van der Waals surface area (Å²) in [6.07, 6.45) is 0.397. The highest BCUT2D eigenvalue weighted by Gasteiger charge is 2.32. The Morgan fingerprint density at radius 1 is 0.842 bits per heavy atom. The highest BCUT2D eigenvalue weighted by molar-refractivity contribution is 5.90. The van der Waals surface area contributed by atoms with Gasteiger partial charge in [-0.25, -0.2) is 0 Å². The second kappa shape index (κ2) is 12.0. The van der Waals surface area contributed by atoms with Crippen molar-refractivity contribution < 1.29 is 14.3 Å². The fourth-order valence-electron chi connectivity index (χ4n) is 4.52. The van der Waals surface area contributed by atoms with Crippen LogP contribution in [0.1, 0.15) is 37.5 Å². The normalized spacial score (nSPS) is 12.1. The lowest BCUT2D eigenvalue weighted by molar-refractivity contribution is -0.143. The summed E-state index contributed by atoms with van der Waals surface area (Å²) in [4.78, 5) is 29.2. The molecule has 4 aromatic rings. The molecule has 1 atom stereocenters. The van der Waals surface area contributed by atoms with Crippen LogP contribution in [-0.4, -0.2) is 34.9 Å². The van der Waals surface area contributed by atoms with Crippen molar-refractivity contribution in [3.8, 4) is 5.75 Å². The first-order valence-corrected chi connectivity index (χ1v) is 13.0. The number of ether oxygens (including phenoxy) is 1. The number of rotatable bonds is 9. The quantitative estimate of drug-likeness (QED) is 0.298. The molecule has 0 heterocycles. The SMILES string of the molecule is Cc1ccccc1CN(C(=O)COc1cccc2ccccc12)[C@H](Cc1ccccc1)C(=O)NC(C)(C)C. The van der Waals surface area contributed by atoms with Crippen molar-refractivity contribution in [1.29, 1.82) is 0 Å². The molecule has 0 aliphatic carbocycles. The predicted octanol–water partition coefficient (Wildman–Crippen LogP) is 6.08. The second-order valence-electron chi connectivity index (χ2n) is 10.7. The summed E-state index contributed by atoms with van der Waals surface area (Å²) in [6.45, 7) is 7.99. The molecule has 4 aromatic carbocycles. The lowest BCUT2D eigenvalue weighted by Crippen LogP contribution is -2.55. The van der Waals surface area contributed by atoms with Crippen LogP contribution in [-0.2, 0) is 22.6 Å². The Hall–Kier alpha value is -4.12. The molecule has 0 aliphatic rings. The van der Waals surface area contributed by atoms with Gasteiger partial charge in [-0.05, 0) is 55.8 Å². The standard InChI is InChI=1S/C33H36N2O3/c1-24-13-8-9-17-27(24)22-35(29(32(37)34-33(2,3)4)21-25-14-6-5-7-15-25)31(36)23-38-30-20-12-18-26-16-10-11-19-28(26)30/h5-20,29H,21-23H2,1-4H3,(H,34,37)/t29-/m1/s1. The lowest BCUT2D eigenvalue weighted by atomic mass is 10.00. The van der Waals surface area contributed by atoms with Crippen LogP contribution in [0.3, 0.4) is 0 Å². The minimum atomic E-state index is -0.708. The maximum Gasteiger partial charge on any atom is 0.261 e. The Balaban J connectivity index is 1.67.